The second kappa shape index (κ2) is 6.59. The summed E-state index contributed by atoms with van der Waals surface area (Å²) in [6.45, 7) is 0.328. The average molecular weight is 349 g/mol. The number of fused-ring (bicyclic) bond motifs is 1. The molecule has 7 heteroatoms. The van der Waals surface area contributed by atoms with Crippen LogP contribution >= 0.6 is 0 Å². The van der Waals surface area contributed by atoms with E-state index in [0.717, 1.165) is 11.4 Å². The van der Waals surface area contributed by atoms with Crippen molar-refractivity contribution < 1.29 is 9.53 Å². The molecule has 3 aromatic rings. The Morgan fingerprint density at radius 1 is 1.19 bits per heavy atom. The molecule has 0 saturated heterocycles. The number of para-hydroxylation sites is 1. The molecule has 3 N–H and O–H groups in total. The fourth-order valence-corrected chi connectivity index (χ4v) is 2.94. The number of amides is 1. The van der Waals surface area contributed by atoms with Crippen molar-refractivity contribution in [3.8, 4) is 5.75 Å². The zero-order valence-corrected chi connectivity index (χ0v) is 14.4. The van der Waals surface area contributed by atoms with Crippen molar-refractivity contribution in [2.24, 2.45) is 0 Å². The highest BCUT2D eigenvalue weighted by Crippen LogP contribution is 2.38. The number of nitrogens with one attached hydrogen (secondary N) is 1. The van der Waals surface area contributed by atoms with Crippen molar-refractivity contribution in [3.63, 3.8) is 0 Å². The number of methoxy groups -OCH3 is 1. The van der Waals surface area contributed by atoms with Crippen LogP contribution in [0, 0.1) is 0 Å². The highest BCUT2D eigenvalue weighted by Gasteiger charge is 2.25. The van der Waals surface area contributed by atoms with E-state index < -0.39 is 0 Å². The highest BCUT2D eigenvalue weighted by molar-refractivity contribution is 6.05. The van der Waals surface area contributed by atoms with Crippen LogP contribution in [0.2, 0.25) is 0 Å². The van der Waals surface area contributed by atoms with Gasteiger partial charge in [-0.2, -0.15) is 0 Å². The van der Waals surface area contributed by atoms with Gasteiger partial charge in [-0.25, -0.2) is 9.97 Å². The van der Waals surface area contributed by atoms with Gasteiger partial charge < -0.3 is 15.8 Å². The lowest BCUT2D eigenvalue weighted by atomic mass is 10.1. The van der Waals surface area contributed by atoms with E-state index >= 15 is 0 Å². The van der Waals surface area contributed by atoms with Gasteiger partial charge in [-0.05, 0) is 31.0 Å². The van der Waals surface area contributed by atoms with Crippen LogP contribution in [-0.2, 0) is 6.54 Å². The summed E-state index contributed by atoms with van der Waals surface area (Å²) in [7, 11) is 1.55. The average Bonchev–Trinajstić information content (AvgIpc) is 3.50. The van der Waals surface area contributed by atoms with Crippen LogP contribution in [0.3, 0.4) is 0 Å². The maximum Gasteiger partial charge on any atom is 0.271 e. The molecule has 0 aliphatic heterocycles. The van der Waals surface area contributed by atoms with Crippen LogP contribution in [0.5, 0.6) is 5.75 Å². The Morgan fingerprint density at radius 3 is 2.77 bits per heavy atom. The van der Waals surface area contributed by atoms with Gasteiger partial charge in [-0.1, -0.05) is 18.2 Å². The van der Waals surface area contributed by atoms with Gasteiger partial charge in [0.05, 0.1) is 19.3 Å². The number of ether oxygens (including phenoxy) is 1. The summed E-state index contributed by atoms with van der Waals surface area (Å²) in [6.07, 6.45) is 2.38. The number of pyridine rings is 1. The zero-order chi connectivity index (χ0) is 18.1. The summed E-state index contributed by atoms with van der Waals surface area (Å²) >= 11 is 0. The van der Waals surface area contributed by atoms with Crippen LogP contribution in [0.25, 0.3) is 10.9 Å². The molecule has 1 aromatic carbocycles. The summed E-state index contributed by atoms with van der Waals surface area (Å²) in [4.78, 5) is 25.6. The molecule has 2 aromatic heterocycles. The number of hydrogen-bond acceptors (Lipinski definition) is 6. The van der Waals surface area contributed by atoms with Gasteiger partial charge >= 0.3 is 0 Å². The number of nitrogens with zero attached hydrogens (tertiary/aromatic N) is 3. The molecule has 2 heterocycles. The molecule has 0 bridgehead atoms. The van der Waals surface area contributed by atoms with E-state index in [-0.39, 0.29) is 17.5 Å². The molecule has 1 amide bonds. The van der Waals surface area contributed by atoms with Crippen molar-refractivity contribution in [1.29, 1.82) is 0 Å². The van der Waals surface area contributed by atoms with Crippen LogP contribution in [0.1, 0.15) is 40.6 Å². The van der Waals surface area contributed by atoms with E-state index in [1.165, 1.54) is 12.8 Å². The quantitative estimate of drug-likeness (QED) is 0.733. The van der Waals surface area contributed by atoms with Gasteiger partial charge in [0.15, 0.2) is 0 Å². The molecule has 132 valence electrons. The Kier molecular flexibility index (Phi) is 4.12. The van der Waals surface area contributed by atoms with Crippen molar-refractivity contribution in [2.45, 2.75) is 25.3 Å². The maximum atomic E-state index is 12.7. The number of hydrogen-bond donors (Lipinski definition) is 2. The normalized spacial score (nSPS) is 13.6. The van der Waals surface area contributed by atoms with E-state index in [9.17, 15) is 4.79 Å². The minimum atomic E-state index is -0.323. The Balaban J connectivity index is 1.59. The first kappa shape index (κ1) is 16.3. The van der Waals surface area contributed by atoms with Crippen LogP contribution < -0.4 is 15.8 Å². The lowest BCUT2D eigenvalue weighted by Crippen LogP contribution is -2.25. The summed E-state index contributed by atoms with van der Waals surface area (Å²) in [6, 6.07) is 11.3. The standard InChI is InChI=1S/C19H19N5O2/c1-26-15-7-3-5-13-16(15)23-19(20)24-17(13)18(25)21-10-12-4-2-6-14(22-12)11-8-9-11/h2-7,11H,8-10H2,1H3,(H,21,25)(H2,20,23,24). The first-order valence-corrected chi connectivity index (χ1v) is 8.50. The van der Waals surface area contributed by atoms with Gasteiger partial charge in [-0.15, -0.1) is 0 Å². The van der Waals surface area contributed by atoms with Gasteiger partial charge in [0.25, 0.3) is 5.91 Å². The number of nitrogen functional groups attached to an aromatic ring is 1. The van der Waals surface area contributed by atoms with Crippen molar-refractivity contribution in [3.05, 3.63) is 53.5 Å². The summed E-state index contributed by atoms with van der Waals surface area (Å²) in [5, 5.41) is 3.46. The number of benzene rings is 1. The molecular formula is C19H19N5O2. The first-order chi connectivity index (χ1) is 12.7. The van der Waals surface area contributed by atoms with Gasteiger partial charge in [-0.3, -0.25) is 9.78 Å². The first-order valence-electron chi connectivity index (χ1n) is 8.50. The molecule has 1 aliphatic carbocycles. The Morgan fingerprint density at radius 2 is 2.00 bits per heavy atom. The molecule has 0 atom stereocenters. The summed E-state index contributed by atoms with van der Waals surface area (Å²) < 4.78 is 5.30. The largest absolute Gasteiger partial charge is 0.494 e. The summed E-state index contributed by atoms with van der Waals surface area (Å²) in [5.74, 6) is 0.824. The van der Waals surface area contributed by atoms with E-state index in [2.05, 4.69) is 20.3 Å². The predicted octanol–water partition coefficient (Wildman–Crippen LogP) is 2.42. The van der Waals surface area contributed by atoms with E-state index in [0.29, 0.717) is 29.1 Å². The zero-order valence-electron chi connectivity index (χ0n) is 14.4. The number of rotatable bonds is 5. The Labute approximate surface area is 150 Å². The van der Waals surface area contributed by atoms with Crippen molar-refractivity contribution in [2.75, 3.05) is 12.8 Å². The predicted molar refractivity (Wildman–Crippen MR) is 97.9 cm³/mol. The van der Waals surface area contributed by atoms with Crippen molar-refractivity contribution in [1.82, 2.24) is 20.3 Å². The number of aromatic nitrogens is 3. The minimum absolute atomic E-state index is 0.0287. The molecule has 7 nitrogen and oxygen atoms in total. The molecule has 1 fully saturated rings. The second-order valence-electron chi connectivity index (χ2n) is 6.30. The van der Waals surface area contributed by atoms with Gasteiger partial charge in [0.1, 0.15) is 17.0 Å². The summed E-state index contributed by atoms with van der Waals surface area (Å²) in [5.41, 5.74) is 8.45. The lowest BCUT2D eigenvalue weighted by Gasteiger charge is -2.10. The molecule has 1 saturated carbocycles. The lowest BCUT2D eigenvalue weighted by molar-refractivity contribution is 0.0947. The monoisotopic (exact) mass is 349 g/mol. The van der Waals surface area contributed by atoms with E-state index in [4.69, 9.17) is 10.5 Å². The van der Waals surface area contributed by atoms with E-state index in [1.54, 1.807) is 25.3 Å². The molecule has 0 unspecified atom stereocenters. The second-order valence-corrected chi connectivity index (χ2v) is 6.30. The van der Waals surface area contributed by atoms with Gasteiger partial charge in [0, 0.05) is 17.0 Å². The smallest absolute Gasteiger partial charge is 0.271 e. The fourth-order valence-electron chi connectivity index (χ4n) is 2.94. The fraction of sp³-hybridized carbons (Fsp3) is 0.263. The third kappa shape index (κ3) is 3.15. The van der Waals surface area contributed by atoms with Crippen LogP contribution in [0.4, 0.5) is 5.95 Å². The van der Waals surface area contributed by atoms with Gasteiger partial charge in [0.2, 0.25) is 5.95 Å². The van der Waals surface area contributed by atoms with E-state index in [1.807, 2.05) is 18.2 Å². The highest BCUT2D eigenvalue weighted by atomic mass is 16.5. The molecule has 0 radical (unpaired) electrons. The number of carbonyl (C=O) groups excluding carboxylic acids is 1. The SMILES string of the molecule is COc1cccc2c(C(=O)NCc3cccc(C4CC4)n3)nc(N)nc12. The number of carbonyl (C=O) groups is 1. The molecule has 1 aliphatic rings. The third-order valence-corrected chi connectivity index (χ3v) is 4.40. The molecule has 4 rings (SSSR count). The molecule has 26 heavy (non-hydrogen) atoms. The maximum absolute atomic E-state index is 12.7. The topological polar surface area (TPSA) is 103 Å². The van der Waals surface area contributed by atoms with Crippen LogP contribution in [-0.4, -0.2) is 28.0 Å². The van der Waals surface area contributed by atoms with Crippen molar-refractivity contribution >= 4 is 22.8 Å². The third-order valence-electron chi connectivity index (χ3n) is 4.40. The molecular weight excluding hydrogens is 330 g/mol. The Bertz CT molecular complexity index is 985. The number of nitrogens with two attached hydrogens (primary N) is 1. The Hall–Kier alpha value is -3.22. The van der Waals surface area contributed by atoms with Crippen LogP contribution in [0.15, 0.2) is 36.4 Å². The number of anilines is 1. The molecule has 0 spiro atoms. The minimum Gasteiger partial charge on any atom is -0.494 e.